The van der Waals surface area contributed by atoms with Crippen molar-refractivity contribution in [3.63, 3.8) is 0 Å². The Balaban J connectivity index is 2.69. The van der Waals surface area contributed by atoms with Crippen molar-refractivity contribution in [2.24, 2.45) is 0 Å². The van der Waals surface area contributed by atoms with Crippen LogP contribution in [0.3, 0.4) is 0 Å². The van der Waals surface area contributed by atoms with E-state index in [0.717, 1.165) is 10.8 Å². The molecule has 0 aliphatic rings. The molecule has 16 heavy (non-hydrogen) atoms. The third kappa shape index (κ3) is 1.83. The van der Waals surface area contributed by atoms with E-state index < -0.39 is 16.3 Å². The predicted octanol–water partition coefficient (Wildman–Crippen LogP) is 2.28. The maximum atomic E-state index is 11.0. The first kappa shape index (κ1) is 10.8. The maximum absolute atomic E-state index is 11.0. The topological polar surface area (TPSA) is 63.9 Å². The normalized spacial score (nSPS) is 14.2. The van der Waals surface area contributed by atoms with Gasteiger partial charge >= 0.3 is 0 Å². The Kier molecular flexibility index (Phi) is 3.00. The van der Waals surface area contributed by atoms with Crippen molar-refractivity contribution in [2.45, 2.75) is 5.25 Å². The van der Waals surface area contributed by atoms with Crippen LogP contribution in [0.5, 0.6) is 0 Å². The largest absolute Gasteiger partial charge is 0.771 e. The molecule has 80 valence electrons. The average molecular weight is 230 g/mol. The van der Waals surface area contributed by atoms with Gasteiger partial charge in [0.1, 0.15) is 5.25 Å². The van der Waals surface area contributed by atoms with Gasteiger partial charge in [-0.2, -0.15) is 5.26 Å². The summed E-state index contributed by atoms with van der Waals surface area (Å²) in [5.41, 5.74) is 0.536. The van der Waals surface area contributed by atoms with Crippen molar-refractivity contribution in [3.8, 4) is 6.07 Å². The number of rotatable bonds is 2. The van der Waals surface area contributed by atoms with Crippen molar-refractivity contribution in [1.82, 2.24) is 0 Å². The van der Waals surface area contributed by atoms with E-state index in [4.69, 9.17) is 5.26 Å². The Labute approximate surface area is 95.6 Å². The lowest BCUT2D eigenvalue weighted by Gasteiger charge is -2.14. The number of hydrogen-bond acceptors (Lipinski definition) is 3. The van der Waals surface area contributed by atoms with E-state index in [1.54, 1.807) is 18.2 Å². The van der Waals surface area contributed by atoms with Gasteiger partial charge in [0.15, 0.2) is 0 Å². The van der Waals surface area contributed by atoms with E-state index in [-0.39, 0.29) is 0 Å². The molecule has 0 spiro atoms. The Bertz CT molecular complexity index is 584. The summed E-state index contributed by atoms with van der Waals surface area (Å²) in [6, 6.07) is 14.5. The fourth-order valence-corrected chi connectivity index (χ4v) is 2.19. The summed E-state index contributed by atoms with van der Waals surface area (Å²) in [5, 5.41) is 9.50. The molecule has 0 saturated heterocycles. The summed E-state index contributed by atoms with van der Waals surface area (Å²) in [7, 11) is 0. The van der Waals surface area contributed by atoms with Crippen LogP contribution in [0.15, 0.2) is 42.5 Å². The first-order valence-electron chi connectivity index (χ1n) is 4.69. The number of fused-ring (bicyclic) bond motifs is 1. The Morgan fingerprint density at radius 3 is 2.56 bits per heavy atom. The second-order valence-electron chi connectivity index (χ2n) is 3.34. The zero-order valence-electron chi connectivity index (χ0n) is 8.29. The van der Waals surface area contributed by atoms with Crippen molar-refractivity contribution in [1.29, 1.82) is 5.26 Å². The van der Waals surface area contributed by atoms with E-state index in [1.165, 1.54) is 0 Å². The van der Waals surface area contributed by atoms with E-state index in [1.807, 2.05) is 30.3 Å². The lowest BCUT2D eigenvalue weighted by molar-refractivity contribution is 0.532. The molecule has 0 aliphatic carbocycles. The van der Waals surface area contributed by atoms with Gasteiger partial charge in [-0.3, -0.25) is 4.21 Å². The predicted molar refractivity (Wildman–Crippen MR) is 61.2 cm³/mol. The Hall–Kier alpha value is -1.70. The molecule has 0 saturated carbocycles. The van der Waals surface area contributed by atoms with Gasteiger partial charge in [0.05, 0.1) is 6.07 Å². The first-order valence-corrected chi connectivity index (χ1v) is 5.83. The monoisotopic (exact) mass is 230 g/mol. The number of benzene rings is 2. The molecule has 1 unspecified atom stereocenters. The second-order valence-corrected chi connectivity index (χ2v) is 4.33. The third-order valence-electron chi connectivity index (χ3n) is 2.42. The number of nitrogens with zero attached hydrogens (tertiary/aromatic N) is 1. The van der Waals surface area contributed by atoms with Crippen LogP contribution >= 0.6 is 0 Å². The smallest absolute Gasteiger partial charge is 0.134 e. The van der Waals surface area contributed by atoms with Gasteiger partial charge in [-0.15, -0.1) is 0 Å². The van der Waals surface area contributed by atoms with E-state index in [9.17, 15) is 8.76 Å². The maximum Gasteiger partial charge on any atom is 0.134 e. The quantitative estimate of drug-likeness (QED) is 0.743. The molecule has 0 bridgehead atoms. The highest BCUT2D eigenvalue weighted by atomic mass is 32.2. The van der Waals surface area contributed by atoms with Gasteiger partial charge in [-0.05, 0) is 27.4 Å². The molecule has 0 amide bonds. The van der Waals surface area contributed by atoms with Crippen LogP contribution in [0.4, 0.5) is 0 Å². The van der Waals surface area contributed by atoms with E-state index >= 15 is 0 Å². The summed E-state index contributed by atoms with van der Waals surface area (Å²) in [6.45, 7) is 0. The number of hydrogen-bond donors (Lipinski definition) is 0. The van der Waals surface area contributed by atoms with E-state index in [2.05, 4.69) is 0 Å². The summed E-state index contributed by atoms with van der Waals surface area (Å²) < 4.78 is 21.9. The average Bonchev–Trinajstić information content (AvgIpc) is 2.30. The standard InChI is InChI=1S/C12H9NO2S/c13-8-12(16(14)15)11-7-3-5-9-4-1-2-6-10(9)11/h1-7,12H,(H,14,15)/p-1/t12-/m1/s1. The Morgan fingerprint density at radius 1 is 1.19 bits per heavy atom. The highest BCUT2D eigenvalue weighted by molar-refractivity contribution is 7.79. The van der Waals surface area contributed by atoms with Crippen LogP contribution in [0.1, 0.15) is 10.8 Å². The van der Waals surface area contributed by atoms with Crippen molar-refractivity contribution in [3.05, 3.63) is 48.0 Å². The summed E-state index contributed by atoms with van der Waals surface area (Å²) in [4.78, 5) is 0. The molecule has 0 heterocycles. The molecule has 0 fully saturated rings. The van der Waals surface area contributed by atoms with Gasteiger partial charge < -0.3 is 4.55 Å². The number of nitriles is 1. The van der Waals surface area contributed by atoms with Crippen LogP contribution < -0.4 is 0 Å². The van der Waals surface area contributed by atoms with Gasteiger partial charge in [0, 0.05) is 0 Å². The fraction of sp³-hybridized carbons (Fsp3) is 0.0833. The lowest BCUT2D eigenvalue weighted by Crippen LogP contribution is -2.03. The molecule has 2 aromatic carbocycles. The van der Waals surface area contributed by atoms with Crippen molar-refractivity contribution < 1.29 is 8.76 Å². The highest BCUT2D eigenvalue weighted by Gasteiger charge is 2.13. The minimum absolute atomic E-state index is 0.536. The Morgan fingerprint density at radius 2 is 1.88 bits per heavy atom. The zero-order valence-corrected chi connectivity index (χ0v) is 9.11. The van der Waals surface area contributed by atoms with E-state index in [0.29, 0.717) is 5.56 Å². The van der Waals surface area contributed by atoms with Gasteiger partial charge in [-0.1, -0.05) is 42.5 Å². The minimum atomic E-state index is -2.42. The molecule has 0 aliphatic heterocycles. The molecular weight excluding hydrogens is 222 g/mol. The molecule has 2 rings (SSSR count). The van der Waals surface area contributed by atoms with Crippen LogP contribution in [0.25, 0.3) is 10.8 Å². The summed E-state index contributed by atoms with van der Waals surface area (Å²) in [5.74, 6) is 0. The lowest BCUT2D eigenvalue weighted by atomic mass is 10.0. The molecule has 0 radical (unpaired) electrons. The minimum Gasteiger partial charge on any atom is -0.771 e. The first-order chi connectivity index (χ1) is 7.74. The van der Waals surface area contributed by atoms with Crippen LogP contribution in [-0.2, 0) is 11.1 Å². The second kappa shape index (κ2) is 4.44. The van der Waals surface area contributed by atoms with Gasteiger partial charge in [-0.25, -0.2) is 0 Å². The van der Waals surface area contributed by atoms with Crippen LogP contribution in [0, 0.1) is 11.3 Å². The van der Waals surface area contributed by atoms with Crippen molar-refractivity contribution >= 4 is 21.9 Å². The third-order valence-corrected chi connectivity index (χ3v) is 3.16. The summed E-state index contributed by atoms with van der Waals surface area (Å²) in [6.07, 6.45) is 0. The highest BCUT2D eigenvalue weighted by Crippen LogP contribution is 2.26. The molecule has 4 heteroatoms. The molecule has 0 aromatic heterocycles. The van der Waals surface area contributed by atoms with Gasteiger partial charge in [0.25, 0.3) is 0 Å². The SMILES string of the molecule is N#C[C@H](c1cccc2ccccc12)S(=O)[O-]. The molecule has 0 N–H and O–H groups in total. The fourth-order valence-electron chi connectivity index (χ4n) is 1.70. The molecule has 3 nitrogen and oxygen atoms in total. The zero-order chi connectivity index (χ0) is 11.5. The molecule has 2 atom stereocenters. The van der Waals surface area contributed by atoms with Gasteiger partial charge in [0.2, 0.25) is 0 Å². The molecular formula is C12H8NO2S-. The van der Waals surface area contributed by atoms with Crippen molar-refractivity contribution in [2.75, 3.05) is 0 Å². The molecule has 2 aromatic rings. The van der Waals surface area contributed by atoms with Crippen LogP contribution in [0.2, 0.25) is 0 Å². The van der Waals surface area contributed by atoms with Crippen LogP contribution in [-0.4, -0.2) is 8.76 Å². The summed E-state index contributed by atoms with van der Waals surface area (Å²) >= 11 is -2.42.